The molecule has 0 saturated heterocycles. The lowest BCUT2D eigenvalue weighted by Gasteiger charge is -2.22. The average Bonchev–Trinajstić information content (AvgIpc) is 2.39. The van der Waals surface area contributed by atoms with Gasteiger partial charge in [0.15, 0.2) is 0 Å². The van der Waals surface area contributed by atoms with Gasteiger partial charge in [0, 0.05) is 6.92 Å². The Morgan fingerprint density at radius 1 is 0.905 bits per heavy atom. The van der Waals surface area contributed by atoms with Crippen molar-refractivity contribution in [2.75, 3.05) is 0 Å². The van der Waals surface area contributed by atoms with E-state index < -0.39 is 0 Å². The monoisotopic (exact) mass is 298 g/mol. The third-order valence-corrected chi connectivity index (χ3v) is 4.49. The van der Waals surface area contributed by atoms with Crippen LogP contribution in [0.5, 0.6) is 0 Å². The fourth-order valence-electron chi connectivity index (χ4n) is 3.40. The Hall–Kier alpha value is -0.570. The first-order chi connectivity index (χ1) is 10.1. The van der Waals surface area contributed by atoms with Crippen molar-refractivity contribution in [3.8, 4) is 0 Å². The molecule has 3 nitrogen and oxygen atoms in total. The van der Waals surface area contributed by atoms with Gasteiger partial charge < -0.3 is 9.84 Å². The molecule has 1 saturated carbocycles. The Bertz CT molecular complexity index is 278. The van der Waals surface area contributed by atoms with Gasteiger partial charge in [0.05, 0.1) is 6.10 Å². The van der Waals surface area contributed by atoms with Crippen LogP contribution in [0.1, 0.15) is 90.9 Å². The Kier molecular flexibility index (Phi) is 9.73. The maximum absolute atomic E-state index is 11.2. The van der Waals surface area contributed by atoms with Crippen molar-refractivity contribution in [2.24, 2.45) is 5.92 Å². The Balaban J connectivity index is 2.47. The number of rotatable bonds is 1. The van der Waals surface area contributed by atoms with Gasteiger partial charge in [-0.05, 0) is 38.0 Å². The normalized spacial score (nSPS) is 30.9. The highest BCUT2D eigenvalue weighted by molar-refractivity contribution is 5.66. The van der Waals surface area contributed by atoms with E-state index in [0.29, 0.717) is 5.92 Å². The molecule has 21 heavy (non-hydrogen) atoms. The molecule has 3 heteroatoms. The summed E-state index contributed by atoms with van der Waals surface area (Å²) in [6.45, 7) is 3.66. The van der Waals surface area contributed by atoms with Crippen LogP contribution in [0.15, 0.2) is 0 Å². The largest absolute Gasteiger partial charge is 0.463 e. The number of aliphatic hydroxyl groups is 1. The van der Waals surface area contributed by atoms with Crippen LogP contribution in [-0.2, 0) is 9.53 Å². The molecule has 1 aliphatic rings. The second-order valence-corrected chi connectivity index (χ2v) is 6.87. The van der Waals surface area contributed by atoms with Crippen molar-refractivity contribution >= 4 is 5.97 Å². The van der Waals surface area contributed by atoms with Crippen LogP contribution in [0.2, 0.25) is 0 Å². The van der Waals surface area contributed by atoms with E-state index in [2.05, 4.69) is 6.92 Å². The van der Waals surface area contributed by atoms with E-state index >= 15 is 0 Å². The number of hydrogen-bond acceptors (Lipinski definition) is 3. The third kappa shape index (κ3) is 9.89. The summed E-state index contributed by atoms with van der Waals surface area (Å²) in [5.74, 6) is 0.236. The highest BCUT2D eigenvalue weighted by atomic mass is 16.5. The molecule has 1 N–H and O–H groups in total. The van der Waals surface area contributed by atoms with Gasteiger partial charge in [-0.15, -0.1) is 0 Å². The van der Waals surface area contributed by atoms with Crippen molar-refractivity contribution in [3.05, 3.63) is 0 Å². The summed E-state index contributed by atoms with van der Waals surface area (Å²) in [5.41, 5.74) is 0. The van der Waals surface area contributed by atoms with Crippen molar-refractivity contribution in [2.45, 2.75) is 103 Å². The summed E-state index contributed by atoms with van der Waals surface area (Å²) >= 11 is 0. The highest BCUT2D eigenvalue weighted by Crippen LogP contribution is 2.22. The molecule has 3 unspecified atom stereocenters. The first kappa shape index (κ1) is 18.5. The summed E-state index contributed by atoms with van der Waals surface area (Å²) in [7, 11) is 0. The molecular weight excluding hydrogens is 264 g/mol. The smallest absolute Gasteiger partial charge is 0.302 e. The Morgan fingerprint density at radius 2 is 1.43 bits per heavy atom. The van der Waals surface area contributed by atoms with E-state index in [0.717, 1.165) is 38.5 Å². The molecule has 0 spiro atoms. The van der Waals surface area contributed by atoms with Crippen LogP contribution in [0.4, 0.5) is 0 Å². The molecule has 124 valence electrons. The topological polar surface area (TPSA) is 46.5 Å². The van der Waals surface area contributed by atoms with E-state index in [1.165, 1.54) is 45.4 Å². The van der Waals surface area contributed by atoms with E-state index in [9.17, 15) is 9.90 Å². The van der Waals surface area contributed by atoms with Crippen LogP contribution in [-0.4, -0.2) is 23.3 Å². The Morgan fingerprint density at radius 3 is 2.00 bits per heavy atom. The van der Waals surface area contributed by atoms with Crippen LogP contribution >= 0.6 is 0 Å². The lowest BCUT2D eigenvalue weighted by Crippen LogP contribution is -2.21. The molecule has 0 aromatic rings. The minimum Gasteiger partial charge on any atom is -0.463 e. The van der Waals surface area contributed by atoms with Crippen molar-refractivity contribution in [1.29, 1.82) is 0 Å². The number of carbonyl (C=O) groups is 1. The summed E-state index contributed by atoms with van der Waals surface area (Å²) in [6.07, 6.45) is 13.5. The van der Waals surface area contributed by atoms with Gasteiger partial charge in [0.1, 0.15) is 6.10 Å². The average molecular weight is 298 g/mol. The Labute approximate surface area is 130 Å². The first-order valence-corrected chi connectivity index (χ1v) is 8.93. The standard InChI is InChI=1S/C18H34O3/c1-15-13-17(20)11-9-7-5-3-4-6-8-10-12-18(14-15)21-16(2)19/h15,17-18,20H,3-14H2,1-2H3. The van der Waals surface area contributed by atoms with Gasteiger partial charge in [-0.25, -0.2) is 0 Å². The second kappa shape index (κ2) is 11.1. The molecule has 0 aromatic carbocycles. The number of hydrogen-bond donors (Lipinski definition) is 1. The van der Waals surface area contributed by atoms with Gasteiger partial charge in [0.2, 0.25) is 0 Å². The molecular formula is C18H34O3. The van der Waals surface area contributed by atoms with E-state index in [1.807, 2.05) is 0 Å². The lowest BCUT2D eigenvalue weighted by atomic mass is 9.93. The van der Waals surface area contributed by atoms with Gasteiger partial charge in [-0.3, -0.25) is 4.79 Å². The lowest BCUT2D eigenvalue weighted by molar-refractivity contribution is -0.147. The zero-order valence-corrected chi connectivity index (χ0v) is 14.0. The van der Waals surface area contributed by atoms with Gasteiger partial charge in [0.25, 0.3) is 0 Å². The minimum absolute atomic E-state index is 0.0369. The molecule has 0 aliphatic heterocycles. The van der Waals surface area contributed by atoms with Gasteiger partial charge in [-0.1, -0.05) is 51.9 Å². The van der Waals surface area contributed by atoms with E-state index in [1.54, 1.807) is 0 Å². The third-order valence-electron chi connectivity index (χ3n) is 4.49. The number of esters is 1. The fraction of sp³-hybridized carbons (Fsp3) is 0.944. The molecule has 0 aromatic heterocycles. The maximum atomic E-state index is 11.2. The summed E-state index contributed by atoms with van der Waals surface area (Å²) in [5, 5.41) is 10.1. The minimum atomic E-state index is -0.192. The van der Waals surface area contributed by atoms with Gasteiger partial charge in [-0.2, -0.15) is 0 Å². The zero-order chi connectivity index (χ0) is 15.5. The predicted molar refractivity (Wildman–Crippen MR) is 86.1 cm³/mol. The van der Waals surface area contributed by atoms with Crippen molar-refractivity contribution in [3.63, 3.8) is 0 Å². The maximum Gasteiger partial charge on any atom is 0.302 e. The van der Waals surface area contributed by atoms with Crippen LogP contribution in [0, 0.1) is 5.92 Å². The summed E-state index contributed by atoms with van der Waals surface area (Å²) in [4.78, 5) is 11.2. The molecule has 0 bridgehead atoms. The molecule has 0 amide bonds. The second-order valence-electron chi connectivity index (χ2n) is 6.87. The SMILES string of the molecule is CC(=O)OC1CCCCCCCCCCC(O)CC(C)C1. The fourth-order valence-corrected chi connectivity index (χ4v) is 3.40. The quantitative estimate of drug-likeness (QED) is 0.719. The van der Waals surface area contributed by atoms with E-state index in [4.69, 9.17) is 4.74 Å². The van der Waals surface area contributed by atoms with Crippen molar-refractivity contribution in [1.82, 2.24) is 0 Å². The van der Waals surface area contributed by atoms with Crippen LogP contribution < -0.4 is 0 Å². The molecule has 3 atom stereocenters. The number of ether oxygens (including phenoxy) is 1. The number of aliphatic hydroxyl groups excluding tert-OH is 1. The molecule has 1 fully saturated rings. The molecule has 1 rings (SSSR count). The molecule has 0 heterocycles. The molecule has 1 aliphatic carbocycles. The van der Waals surface area contributed by atoms with Crippen molar-refractivity contribution < 1.29 is 14.6 Å². The molecule has 0 radical (unpaired) electrons. The van der Waals surface area contributed by atoms with E-state index in [-0.39, 0.29) is 18.2 Å². The summed E-state index contributed by atoms with van der Waals surface area (Å²) in [6, 6.07) is 0. The van der Waals surface area contributed by atoms with Crippen LogP contribution in [0.3, 0.4) is 0 Å². The summed E-state index contributed by atoms with van der Waals surface area (Å²) < 4.78 is 5.46. The van der Waals surface area contributed by atoms with Gasteiger partial charge >= 0.3 is 5.97 Å². The number of carbonyl (C=O) groups excluding carboxylic acids is 1. The first-order valence-electron chi connectivity index (χ1n) is 8.93. The van der Waals surface area contributed by atoms with Crippen LogP contribution in [0.25, 0.3) is 0 Å². The predicted octanol–water partition coefficient (Wildman–Crippen LogP) is 4.61. The zero-order valence-electron chi connectivity index (χ0n) is 14.0. The highest BCUT2D eigenvalue weighted by Gasteiger charge is 2.18.